The topological polar surface area (TPSA) is 76.1 Å². The third kappa shape index (κ3) is 5.54. The van der Waals surface area contributed by atoms with E-state index >= 15 is 0 Å². The van der Waals surface area contributed by atoms with Crippen LogP contribution in [0.3, 0.4) is 0 Å². The summed E-state index contributed by atoms with van der Waals surface area (Å²) in [5.41, 5.74) is 0.217. The van der Waals surface area contributed by atoms with Crippen LogP contribution in [0.1, 0.15) is 27.7 Å². The van der Waals surface area contributed by atoms with Crippen molar-refractivity contribution < 1.29 is 24.2 Å². The second-order valence-electron chi connectivity index (χ2n) is 4.80. The van der Waals surface area contributed by atoms with Gasteiger partial charge in [0.25, 0.3) is 0 Å². The first-order valence-electron chi connectivity index (χ1n) is 6.21. The Hall–Kier alpha value is -1.66. The molecule has 0 aliphatic rings. The van der Waals surface area contributed by atoms with Gasteiger partial charge in [-0.05, 0) is 41.8 Å². The molecule has 0 fully saturated rings. The summed E-state index contributed by atoms with van der Waals surface area (Å²) in [6, 6.07) is 0. The molecule has 0 bridgehead atoms. The predicted molar refractivity (Wildman–Crippen MR) is 74.5 cm³/mol. The molecule has 114 valence electrons. The van der Waals surface area contributed by atoms with Crippen LogP contribution < -0.4 is 0 Å². The Morgan fingerprint density at radius 3 is 2.00 bits per heavy atom. The van der Waals surface area contributed by atoms with E-state index in [1.165, 1.54) is 20.8 Å². The lowest BCUT2D eigenvalue weighted by Crippen LogP contribution is -2.31. The molecule has 2 atom stereocenters. The van der Waals surface area contributed by atoms with E-state index in [1.54, 1.807) is 25.9 Å². The first-order chi connectivity index (χ1) is 9.07. The fourth-order valence-electron chi connectivity index (χ4n) is 1.11. The van der Waals surface area contributed by atoms with Gasteiger partial charge in [0.05, 0.1) is 5.57 Å². The highest BCUT2D eigenvalue weighted by Gasteiger charge is 2.22. The highest BCUT2D eigenvalue weighted by atomic mass is 16.6. The molecule has 0 radical (unpaired) electrons. The van der Waals surface area contributed by atoms with Gasteiger partial charge >= 0.3 is 11.9 Å². The highest BCUT2D eigenvalue weighted by molar-refractivity contribution is 5.91. The molecular formula is C14H23NO5. The number of nitrogens with zero attached hydrogens (tertiary/aromatic N) is 1. The predicted octanol–water partition coefficient (Wildman–Crippen LogP) is 1.21. The number of rotatable bonds is 6. The van der Waals surface area contributed by atoms with Crippen molar-refractivity contribution >= 4 is 11.9 Å². The monoisotopic (exact) mass is 285 g/mol. The van der Waals surface area contributed by atoms with Crippen LogP contribution in [0.2, 0.25) is 0 Å². The molecule has 0 aromatic heterocycles. The van der Waals surface area contributed by atoms with E-state index in [0.717, 1.165) is 0 Å². The first-order valence-corrected chi connectivity index (χ1v) is 6.21. The number of ether oxygens (including phenoxy) is 2. The van der Waals surface area contributed by atoms with Crippen molar-refractivity contribution in [2.45, 2.75) is 40.0 Å². The summed E-state index contributed by atoms with van der Waals surface area (Å²) < 4.78 is 10.1. The average molecular weight is 285 g/mol. The number of hydrogen-bond donors (Lipinski definition) is 1. The Labute approximate surface area is 119 Å². The van der Waals surface area contributed by atoms with Gasteiger partial charge in [-0.1, -0.05) is 6.58 Å². The molecule has 0 amide bonds. The Balaban J connectivity index is 5.15. The zero-order valence-electron chi connectivity index (χ0n) is 12.9. The van der Waals surface area contributed by atoms with Crippen molar-refractivity contribution in [3.05, 3.63) is 23.5 Å². The van der Waals surface area contributed by atoms with Crippen LogP contribution in [0.4, 0.5) is 0 Å². The molecule has 0 aliphatic carbocycles. The third-order valence-corrected chi connectivity index (χ3v) is 2.61. The van der Waals surface area contributed by atoms with Gasteiger partial charge in [0.1, 0.15) is 11.9 Å². The highest BCUT2D eigenvalue weighted by Crippen LogP contribution is 2.15. The minimum atomic E-state index is -1.11. The van der Waals surface area contributed by atoms with Gasteiger partial charge < -0.3 is 14.6 Å². The minimum Gasteiger partial charge on any atom is -0.443 e. The molecule has 0 aromatic carbocycles. The molecule has 1 N–H and O–H groups in total. The van der Waals surface area contributed by atoms with E-state index in [0.29, 0.717) is 0 Å². The van der Waals surface area contributed by atoms with Crippen LogP contribution >= 0.6 is 0 Å². The van der Waals surface area contributed by atoms with E-state index in [2.05, 4.69) is 6.58 Å². The zero-order valence-corrected chi connectivity index (χ0v) is 12.9. The molecule has 6 heteroatoms. The first kappa shape index (κ1) is 18.3. The van der Waals surface area contributed by atoms with Crippen molar-refractivity contribution in [1.29, 1.82) is 0 Å². The Morgan fingerprint density at radius 2 is 1.65 bits per heavy atom. The lowest BCUT2D eigenvalue weighted by Gasteiger charge is -2.21. The van der Waals surface area contributed by atoms with E-state index in [-0.39, 0.29) is 16.9 Å². The molecule has 0 rings (SSSR count). The molecule has 0 saturated carbocycles. The fraction of sp³-hybridized carbons (Fsp3) is 0.571. The van der Waals surface area contributed by atoms with Crippen LogP contribution in [-0.4, -0.2) is 48.4 Å². The summed E-state index contributed by atoms with van der Waals surface area (Å²) in [7, 11) is 3.52. The van der Waals surface area contributed by atoms with E-state index in [9.17, 15) is 14.7 Å². The molecule has 0 aromatic rings. The largest absolute Gasteiger partial charge is 0.443 e. The molecule has 0 aliphatic heterocycles. The summed E-state index contributed by atoms with van der Waals surface area (Å²) in [5.74, 6) is -1.49. The summed E-state index contributed by atoms with van der Waals surface area (Å²) in [6.07, 6.45) is -1.55. The number of esters is 2. The van der Waals surface area contributed by atoms with Crippen LogP contribution in [0.5, 0.6) is 0 Å². The van der Waals surface area contributed by atoms with Gasteiger partial charge in [-0.2, -0.15) is 0 Å². The van der Waals surface area contributed by atoms with Crippen molar-refractivity contribution in [1.82, 2.24) is 4.90 Å². The SMILES string of the molecule is C=C(C)C(=O)O/C(=C(\C)C(=O)OC(C)N(C)C)C(C)O. The molecule has 6 nitrogen and oxygen atoms in total. The minimum absolute atomic E-state index is 0.0447. The number of hydrogen-bond acceptors (Lipinski definition) is 6. The van der Waals surface area contributed by atoms with Crippen LogP contribution in [0.15, 0.2) is 23.5 Å². The maximum Gasteiger partial charge on any atom is 0.338 e. The number of aliphatic hydroxyl groups excluding tert-OH is 1. The Bertz CT molecular complexity index is 423. The zero-order chi connectivity index (χ0) is 16.0. The summed E-state index contributed by atoms with van der Waals surface area (Å²) in [6.45, 7) is 9.44. The van der Waals surface area contributed by atoms with Gasteiger partial charge in [0.2, 0.25) is 0 Å². The smallest absolute Gasteiger partial charge is 0.338 e. The molecule has 2 unspecified atom stereocenters. The van der Waals surface area contributed by atoms with Gasteiger partial charge in [0, 0.05) is 5.57 Å². The molecule has 0 spiro atoms. The summed E-state index contributed by atoms with van der Waals surface area (Å²) in [4.78, 5) is 25.1. The Morgan fingerprint density at radius 1 is 1.15 bits per heavy atom. The lowest BCUT2D eigenvalue weighted by molar-refractivity contribution is -0.151. The maximum absolute atomic E-state index is 11.9. The average Bonchev–Trinajstić information content (AvgIpc) is 2.33. The van der Waals surface area contributed by atoms with Crippen molar-refractivity contribution in [3.63, 3.8) is 0 Å². The number of aliphatic hydroxyl groups is 1. The molecule has 0 saturated heterocycles. The van der Waals surface area contributed by atoms with Crippen LogP contribution in [-0.2, 0) is 19.1 Å². The quantitative estimate of drug-likeness (QED) is 0.342. The van der Waals surface area contributed by atoms with Gasteiger partial charge in [-0.15, -0.1) is 0 Å². The van der Waals surface area contributed by atoms with Crippen molar-refractivity contribution in [3.8, 4) is 0 Å². The van der Waals surface area contributed by atoms with Crippen LogP contribution in [0, 0.1) is 0 Å². The maximum atomic E-state index is 11.9. The molecular weight excluding hydrogens is 262 g/mol. The van der Waals surface area contributed by atoms with E-state index < -0.39 is 24.3 Å². The van der Waals surface area contributed by atoms with Gasteiger partial charge in [-0.25, -0.2) is 9.59 Å². The van der Waals surface area contributed by atoms with Crippen LogP contribution in [0.25, 0.3) is 0 Å². The van der Waals surface area contributed by atoms with Gasteiger partial charge in [0.15, 0.2) is 6.23 Å². The second-order valence-corrected chi connectivity index (χ2v) is 4.80. The number of carbonyl (C=O) groups excluding carboxylic acids is 2. The standard InChI is InChI=1S/C14H23NO5/c1-8(2)13(17)20-12(10(4)16)9(3)14(18)19-11(5)15(6)7/h10-11,16H,1H2,2-7H3/b12-9+. The van der Waals surface area contributed by atoms with Crippen molar-refractivity contribution in [2.24, 2.45) is 0 Å². The normalized spacial score (nSPS) is 15.2. The summed E-state index contributed by atoms with van der Waals surface area (Å²) in [5, 5.41) is 9.62. The second kappa shape index (κ2) is 7.81. The molecule has 0 heterocycles. The summed E-state index contributed by atoms with van der Waals surface area (Å²) >= 11 is 0. The number of carbonyl (C=O) groups is 2. The fourth-order valence-corrected chi connectivity index (χ4v) is 1.11. The lowest BCUT2D eigenvalue weighted by atomic mass is 10.2. The third-order valence-electron chi connectivity index (χ3n) is 2.61. The van der Waals surface area contributed by atoms with Crippen molar-refractivity contribution in [2.75, 3.05) is 14.1 Å². The molecule has 20 heavy (non-hydrogen) atoms. The van der Waals surface area contributed by atoms with Gasteiger partial charge in [-0.3, -0.25) is 4.90 Å². The van der Waals surface area contributed by atoms with E-state index in [4.69, 9.17) is 9.47 Å². The van der Waals surface area contributed by atoms with E-state index in [1.807, 2.05) is 0 Å². The Kier molecular flexibility index (Phi) is 7.17.